The number of hydrogen-bond acceptors (Lipinski definition) is 9. The Bertz CT molecular complexity index is 1790. The average Bonchev–Trinajstić information content (AvgIpc) is 3.78. The number of carbonyl (C=O) groups is 1. The van der Waals surface area contributed by atoms with Crippen molar-refractivity contribution in [3.8, 4) is 34.6 Å². The zero-order valence-electron chi connectivity index (χ0n) is 24.1. The summed E-state index contributed by atoms with van der Waals surface area (Å²) in [6.45, 7) is 1.51. The van der Waals surface area contributed by atoms with Gasteiger partial charge < -0.3 is 28.7 Å². The number of hydrogen-bond donors (Lipinski definition) is 1. The Kier molecular flexibility index (Phi) is 8.94. The molecule has 0 radical (unpaired) electrons. The van der Waals surface area contributed by atoms with Crippen LogP contribution < -0.4 is 14.2 Å². The predicted octanol–water partition coefficient (Wildman–Crippen LogP) is 7.22. The van der Waals surface area contributed by atoms with Crippen LogP contribution in [0.4, 0.5) is 13.2 Å². The molecular weight excluding hydrogens is 595 g/mol. The summed E-state index contributed by atoms with van der Waals surface area (Å²) in [4.78, 5) is 16.7. The molecule has 1 aromatic heterocycles. The normalized spacial score (nSPS) is 13.2. The molecule has 45 heavy (non-hydrogen) atoms. The fourth-order valence-electron chi connectivity index (χ4n) is 4.58. The van der Waals surface area contributed by atoms with E-state index in [1.807, 2.05) is 6.07 Å². The number of alkyl halides is 3. The summed E-state index contributed by atoms with van der Waals surface area (Å²) in [6, 6.07) is 16.9. The molecule has 1 aliphatic rings. The maximum Gasteiger partial charge on any atom is 0.573 e. The van der Waals surface area contributed by atoms with Crippen LogP contribution in [-0.4, -0.2) is 35.4 Å². The largest absolute Gasteiger partial charge is 0.573 e. The van der Waals surface area contributed by atoms with Gasteiger partial charge in [0.15, 0.2) is 11.5 Å². The number of rotatable bonds is 12. The van der Waals surface area contributed by atoms with E-state index in [-0.39, 0.29) is 41.5 Å². The van der Waals surface area contributed by atoms with E-state index in [4.69, 9.17) is 18.8 Å². The summed E-state index contributed by atoms with van der Waals surface area (Å²) in [5, 5.41) is 26.7. The highest BCUT2D eigenvalue weighted by molar-refractivity contribution is 5.98. The molecule has 5 rings (SSSR count). The van der Waals surface area contributed by atoms with Crippen molar-refractivity contribution < 1.29 is 46.6 Å². The number of carboxylic acid groups (broad SMARTS) is 1. The van der Waals surface area contributed by atoms with Crippen LogP contribution in [0.1, 0.15) is 64.1 Å². The standard InChI is InChI=1S/C32H26F3N3O7/c1-18(37-43-16-23-13-21(31(39)40)9-10-22(23)15-36)20-11-12-27(28(14-20)41-2)42-17-25-29(38-45-30(25)19-7-8-19)24-5-3-4-6-26(24)44-32(33,34)35/h3-6,9-14,19H,7-8,16-17H2,1-2H3,(H,39,40)/b37-18+. The quantitative estimate of drug-likeness (QED) is 0.128. The lowest BCUT2D eigenvalue weighted by Gasteiger charge is -2.14. The second-order valence-electron chi connectivity index (χ2n) is 10.1. The van der Waals surface area contributed by atoms with Gasteiger partial charge in [-0.1, -0.05) is 22.4 Å². The fourth-order valence-corrected chi connectivity index (χ4v) is 4.58. The van der Waals surface area contributed by atoms with Crippen LogP contribution in [-0.2, 0) is 18.1 Å². The number of aromatic carboxylic acids is 1. The number of carboxylic acids is 1. The number of oxime groups is 1. The Labute approximate surface area is 255 Å². The molecule has 13 heteroatoms. The number of halogens is 3. The number of aromatic nitrogens is 1. The zero-order valence-corrected chi connectivity index (χ0v) is 24.1. The van der Waals surface area contributed by atoms with Crippen molar-refractivity contribution in [3.05, 3.63) is 94.2 Å². The van der Waals surface area contributed by atoms with E-state index in [1.54, 1.807) is 31.2 Å². The second-order valence-corrected chi connectivity index (χ2v) is 10.1. The first-order chi connectivity index (χ1) is 21.6. The Morgan fingerprint density at radius 3 is 2.51 bits per heavy atom. The van der Waals surface area contributed by atoms with Gasteiger partial charge in [0.2, 0.25) is 0 Å². The van der Waals surface area contributed by atoms with Crippen molar-refractivity contribution in [2.24, 2.45) is 5.16 Å². The fraction of sp³-hybridized carbons (Fsp3) is 0.250. The predicted molar refractivity (Wildman–Crippen MR) is 153 cm³/mol. The first-order valence-corrected chi connectivity index (χ1v) is 13.7. The van der Waals surface area contributed by atoms with Gasteiger partial charge >= 0.3 is 12.3 Å². The van der Waals surface area contributed by atoms with Crippen molar-refractivity contribution in [3.63, 3.8) is 0 Å². The highest BCUT2D eigenvalue weighted by Crippen LogP contribution is 2.46. The van der Waals surface area contributed by atoms with E-state index in [9.17, 15) is 28.3 Å². The van der Waals surface area contributed by atoms with E-state index >= 15 is 0 Å². The molecule has 4 aromatic rings. The Morgan fingerprint density at radius 1 is 1.07 bits per heavy atom. The monoisotopic (exact) mass is 621 g/mol. The van der Waals surface area contributed by atoms with Crippen LogP contribution in [0.25, 0.3) is 11.3 Å². The van der Waals surface area contributed by atoms with Crippen LogP contribution in [0.2, 0.25) is 0 Å². The first kappa shape index (κ1) is 30.9. The number of para-hydroxylation sites is 1. The van der Waals surface area contributed by atoms with Gasteiger partial charge in [-0.25, -0.2) is 4.79 Å². The highest BCUT2D eigenvalue weighted by Gasteiger charge is 2.36. The molecule has 1 heterocycles. The van der Waals surface area contributed by atoms with Gasteiger partial charge in [0.1, 0.15) is 30.4 Å². The lowest BCUT2D eigenvalue weighted by atomic mass is 10.0. The third-order valence-corrected chi connectivity index (χ3v) is 6.98. The summed E-state index contributed by atoms with van der Waals surface area (Å²) in [5.74, 6) is -0.170. The third kappa shape index (κ3) is 7.35. The summed E-state index contributed by atoms with van der Waals surface area (Å²) in [6.07, 6.45) is -3.16. The molecule has 232 valence electrons. The highest BCUT2D eigenvalue weighted by atomic mass is 19.4. The summed E-state index contributed by atoms with van der Waals surface area (Å²) < 4.78 is 60.7. The topological polar surface area (TPSA) is 136 Å². The summed E-state index contributed by atoms with van der Waals surface area (Å²) in [7, 11) is 1.46. The molecule has 1 fully saturated rings. The smallest absolute Gasteiger partial charge is 0.493 e. The van der Waals surface area contributed by atoms with Crippen molar-refractivity contribution >= 4 is 11.7 Å². The van der Waals surface area contributed by atoms with E-state index in [2.05, 4.69) is 15.0 Å². The lowest BCUT2D eigenvalue weighted by molar-refractivity contribution is -0.274. The summed E-state index contributed by atoms with van der Waals surface area (Å²) >= 11 is 0. The van der Waals surface area contributed by atoms with E-state index in [1.165, 1.54) is 43.5 Å². The minimum absolute atomic E-state index is 0.0232. The van der Waals surface area contributed by atoms with Crippen molar-refractivity contribution in [1.82, 2.24) is 5.16 Å². The molecule has 1 aliphatic carbocycles. The first-order valence-electron chi connectivity index (χ1n) is 13.7. The zero-order chi connectivity index (χ0) is 32.1. The summed E-state index contributed by atoms with van der Waals surface area (Å²) in [5.41, 5.74) is 2.59. The molecule has 3 aromatic carbocycles. The third-order valence-electron chi connectivity index (χ3n) is 6.98. The maximum absolute atomic E-state index is 13.1. The van der Waals surface area contributed by atoms with Crippen molar-refractivity contribution in [1.29, 1.82) is 5.26 Å². The number of nitrogens with zero attached hydrogens (tertiary/aromatic N) is 3. The van der Waals surface area contributed by atoms with Gasteiger partial charge in [0, 0.05) is 22.6 Å². The molecule has 0 saturated heterocycles. The lowest BCUT2D eigenvalue weighted by Crippen LogP contribution is -2.17. The van der Waals surface area contributed by atoms with Gasteiger partial charge in [0.05, 0.1) is 35.6 Å². The van der Waals surface area contributed by atoms with Gasteiger partial charge in [0.25, 0.3) is 0 Å². The van der Waals surface area contributed by atoms with E-state index in [0.717, 1.165) is 12.8 Å². The van der Waals surface area contributed by atoms with Crippen LogP contribution >= 0.6 is 0 Å². The molecule has 10 nitrogen and oxygen atoms in total. The molecule has 0 unspecified atom stereocenters. The van der Waals surface area contributed by atoms with Crippen molar-refractivity contribution in [2.45, 2.75) is 45.3 Å². The molecule has 1 N–H and O–H groups in total. The molecule has 0 aliphatic heterocycles. The van der Waals surface area contributed by atoms with Crippen LogP contribution in [0.3, 0.4) is 0 Å². The van der Waals surface area contributed by atoms with E-state index in [0.29, 0.717) is 39.7 Å². The SMILES string of the molecule is COc1cc(/C(C)=N/OCc2cc(C(=O)O)ccc2C#N)ccc1OCc1c(-c2ccccc2OC(F)(F)F)noc1C1CC1. The number of methoxy groups -OCH3 is 1. The Hall–Kier alpha value is -5.51. The maximum atomic E-state index is 13.1. The van der Waals surface area contributed by atoms with Crippen LogP contribution in [0.5, 0.6) is 17.2 Å². The van der Waals surface area contributed by atoms with Gasteiger partial charge in [-0.2, -0.15) is 5.26 Å². The van der Waals surface area contributed by atoms with Crippen LogP contribution in [0, 0.1) is 11.3 Å². The van der Waals surface area contributed by atoms with Gasteiger partial charge in [-0.05, 0) is 68.3 Å². The number of ether oxygens (including phenoxy) is 3. The molecule has 0 spiro atoms. The Balaban J connectivity index is 1.34. The molecular formula is C32H26F3N3O7. The average molecular weight is 622 g/mol. The second kappa shape index (κ2) is 13.0. The van der Waals surface area contributed by atoms with Crippen LogP contribution in [0.15, 0.2) is 70.3 Å². The number of nitriles is 1. The minimum atomic E-state index is -4.89. The van der Waals surface area contributed by atoms with Crippen molar-refractivity contribution in [2.75, 3.05) is 7.11 Å². The molecule has 0 atom stereocenters. The van der Waals surface area contributed by atoms with E-state index < -0.39 is 18.1 Å². The Morgan fingerprint density at radius 2 is 1.82 bits per heavy atom. The van der Waals surface area contributed by atoms with Gasteiger partial charge in [-0.3, -0.25) is 0 Å². The number of benzene rings is 3. The van der Waals surface area contributed by atoms with Gasteiger partial charge in [-0.15, -0.1) is 13.2 Å². The molecule has 0 amide bonds. The molecule has 1 saturated carbocycles. The minimum Gasteiger partial charge on any atom is -0.493 e. The molecule has 0 bridgehead atoms.